The summed E-state index contributed by atoms with van der Waals surface area (Å²) in [6.45, 7) is 4.95. The van der Waals surface area contributed by atoms with E-state index in [0.29, 0.717) is 18.1 Å². The Balaban J connectivity index is 1.48. The van der Waals surface area contributed by atoms with Crippen LogP contribution < -0.4 is 0 Å². The molecule has 0 aromatic carbocycles. The number of Topliss-reactive ketones (excluding diaryl/α,β-unsaturated/α-hetero) is 1. The van der Waals surface area contributed by atoms with Crippen molar-refractivity contribution < 1.29 is 4.79 Å². The second-order valence-electron chi connectivity index (χ2n) is 9.73. The lowest BCUT2D eigenvalue weighted by molar-refractivity contribution is -0.118. The van der Waals surface area contributed by atoms with E-state index < -0.39 is 0 Å². The van der Waals surface area contributed by atoms with Gasteiger partial charge >= 0.3 is 0 Å². The minimum Gasteiger partial charge on any atom is -0.299 e. The Hall–Kier alpha value is -1.77. The fourth-order valence-corrected chi connectivity index (χ4v) is 7.13. The standard InChI is InChI=1S/C24H30N2O/c1-23-10-3-4-17(27)14-16(23)5-6-18-19-7-8-21(22-15-25-12-13-26-22)24(19,2)11-9-20(18)23/h5,8,12-13,15,18-20H,3-4,6-7,9-11,14H2,1-2H3. The Morgan fingerprint density at radius 2 is 1.93 bits per heavy atom. The van der Waals surface area contributed by atoms with Crippen LogP contribution in [0.2, 0.25) is 0 Å². The van der Waals surface area contributed by atoms with Crippen molar-refractivity contribution in [2.24, 2.45) is 28.6 Å². The highest BCUT2D eigenvalue weighted by Gasteiger charge is 2.56. The molecule has 1 aromatic heterocycles. The summed E-state index contributed by atoms with van der Waals surface area (Å²) in [5.74, 6) is 2.62. The number of hydrogen-bond acceptors (Lipinski definition) is 3. The average Bonchev–Trinajstić information content (AvgIpc) is 2.93. The van der Waals surface area contributed by atoms with E-state index in [1.165, 1.54) is 36.8 Å². The van der Waals surface area contributed by atoms with Gasteiger partial charge in [0.1, 0.15) is 5.78 Å². The van der Waals surface area contributed by atoms with E-state index >= 15 is 0 Å². The van der Waals surface area contributed by atoms with Gasteiger partial charge in [-0.05, 0) is 72.7 Å². The molecule has 3 nitrogen and oxygen atoms in total. The molecule has 5 atom stereocenters. The summed E-state index contributed by atoms with van der Waals surface area (Å²) in [4.78, 5) is 21.1. The SMILES string of the molecule is CC12CCCC(=O)CC1=CCC1C2CCC2(C)C(c3cnccn3)=CCC12. The highest BCUT2D eigenvalue weighted by molar-refractivity contribution is 5.81. The maximum Gasteiger partial charge on any atom is 0.136 e. The molecule has 0 aliphatic heterocycles. The molecule has 142 valence electrons. The number of carbonyl (C=O) groups is 1. The summed E-state index contributed by atoms with van der Waals surface area (Å²) in [5, 5.41) is 0. The number of allylic oxidation sites excluding steroid dienone is 4. The van der Waals surface area contributed by atoms with Crippen molar-refractivity contribution in [3.05, 3.63) is 42.0 Å². The van der Waals surface area contributed by atoms with Crippen LogP contribution in [0.25, 0.3) is 5.57 Å². The van der Waals surface area contributed by atoms with E-state index in [0.717, 1.165) is 36.8 Å². The van der Waals surface area contributed by atoms with Crippen LogP contribution in [-0.2, 0) is 4.79 Å². The second-order valence-corrected chi connectivity index (χ2v) is 9.73. The first-order valence-corrected chi connectivity index (χ1v) is 10.7. The molecule has 2 fully saturated rings. The Morgan fingerprint density at radius 1 is 1.04 bits per heavy atom. The molecule has 1 aromatic rings. The highest BCUT2D eigenvalue weighted by Crippen LogP contribution is 2.65. The zero-order valence-corrected chi connectivity index (χ0v) is 16.6. The number of hydrogen-bond donors (Lipinski definition) is 0. The van der Waals surface area contributed by atoms with Crippen LogP contribution in [0, 0.1) is 28.6 Å². The summed E-state index contributed by atoms with van der Waals surface area (Å²) in [6, 6.07) is 0. The lowest BCUT2D eigenvalue weighted by atomic mass is 9.48. The molecular formula is C24H30N2O. The molecule has 4 aliphatic carbocycles. The Morgan fingerprint density at radius 3 is 2.74 bits per heavy atom. The van der Waals surface area contributed by atoms with Crippen LogP contribution in [0.4, 0.5) is 0 Å². The predicted molar refractivity (Wildman–Crippen MR) is 107 cm³/mol. The molecule has 5 unspecified atom stereocenters. The van der Waals surface area contributed by atoms with E-state index in [1.54, 1.807) is 6.20 Å². The molecule has 0 saturated heterocycles. The number of nitrogens with zero attached hydrogens (tertiary/aromatic N) is 2. The van der Waals surface area contributed by atoms with Crippen LogP contribution in [0.1, 0.15) is 70.9 Å². The first-order chi connectivity index (χ1) is 13.0. The minimum atomic E-state index is 0.222. The number of ketones is 1. The molecule has 0 N–H and O–H groups in total. The molecule has 27 heavy (non-hydrogen) atoms. The lowest BCUT2D eigenvalue weighted by Crippen LogP contribution is -2.48. The van der Waals surface area contributed by atoms with Crippen molar-refractivity contribution in [3.63, 3.8) is 0 Å². The summed E-state index contributed by atoms with van der Waals surface area (Å²) >= 11 is 0. The molecule has 0 amide bonds. The van der Waals surface area contributed by atoms with Gasteiger partial charge in [0.15, 0.2) is 0 Å². The van der Waals surface area contributed by atoms with Crippen molar-refractivity contribution in [1.29, 1.82) is 0 Å². The Bertz CT molecular complexity index is 826. The summed E-state index contributed by atoms with van der Waals surface area (Å²) < 4.78 is 0. The number of aromatic nitrogens is 2. The molecular weight excluding hydrogens is 332 g/mol. The highest BCUT2D eigenvalue weighted by atomic mass is 16.1. The van der Waals surface area contributed by atoms with Gasteiger partial charge in [-0.1, -0.05) is 31.6 Å². The molecule has 0 radical (unpaired) electrons. The molecule has 3 heteroatoms. The molecule has 4 aliphatic rings. The largest absolute Gasteiger partial charge is 0.299 e. The quantitative estimate of drug-likeness (QED) is 0.629. The van der Waals surface area contributed by atoms with Gasteiger partial charge in [-0.25, -0.2) is 0 Å². The minimum absolute atomic E-state index is 0.222. The van der Waals surface area contributed by atoms with Crippen molar-refractivity contribution in [2.75, 3.05) is 0 Å². The summed E-state index contributed by atoms with van der Waals surface area (Å²) in [6.07, 6.45) is 19.0. The van der Waals surface area contributed by atoms with Crippen LogP contribution >= 0.6 is 0 Å². The predicted octanol–water partition coefficient (Wildman–Crippen LogP) is 5.39. The van der Waals surface area contributed by atoms with Crippen molar-refractivity contribution >= 4 is 11.4 Å². The van der Waals surface area contributed by atoms with Crippen molar-refractivity contribution in [2.45, 2.75) is 65.2 Å². The normalized spacial score (nSPS) is 41.0. The fourth-order valence-electron chi connectivity index (χ4n) is 7.13. The van der Waals surface area contributed by atoms with Gasteiger partial charge in [0.25, 0.3) is 0 Å². The Kier molecular flexibility index (Phi) is 3.93. The molecule has 5 rings (SSSR count). The zero-order valence-electron chi connectivity index (χ0n) is 16.6. The topological polar surface area (TPSA) is 42.9 Å². The Labute approximate surface area is 162 Å². The third kappa shape index (κ3) is 2.50. The van der Waals surface area contributed by atoms with E-state index in [1.807, 2.05) is 12.4 Å². The monoisotopic (exact) mass is 362 g/mol. The van der Waals surface area contributed by atoms with Gasteiger partial charge in [-0.3, -0.25) is 14.8 Å². The molecule has 0 bridgehead atoms. The van der Waals surface area contributed by atoms with Gasteiger partial charge in [0, 0.05) is 25.2 Å². The fraction of sp³-hybridized carbons (Fsp3) is 0.625. The number of rotatable bonds is 1. The maximum atomic E-state index is 12.2. The first kappa shape index (κ1) is 17.3. The smallest absolute Gasteiger partial charge is 0.136 e. The van der Waals surface area contributed by atoms with E-state index in [2.05, 4.69) is 36.0 Å². The third-order valence-corrected chi connectivity index (χ3v) is 8.58. The van der Waals surface area contributed by atoms with Crippen molar-refractivity contribution in [3.8, 4) is 0 Å². The van der Waals surface area contributed by atoms with Gasteiger partial charge in [0.2, 0.25) is 0 Å². The van der Waals surface area contributed by atoms with Crippen LogP contribution in [-0.4, -0.2) is 15.8 Å². The van der Waals surface area contributed by atoms with E-state index in [9.17, 15) is 4.79 Å². The van der Waals surface area contributed by atoms with Crippen LogP contribution in [0.15, 0.2) is 36.3 Å². The van der Waals surface area contributed by atoms with Gasteiger partial charge in [-0.2, -0.15) is 0 Å². The van der Waals surface area contributed by atoms with E-state index in [4.69, 9.17) is 0 Å². The molecule has 0 spiro atoms. The third-order valence-electron chi connectivity index (χ3n) is 8.58. The lowest BCUT2D eigenvalue weighted by Gasteiger charge is -2.56. The summed E-state index contributed by atoms with van der Waals surface area (Å²) in [5.41, 5.74) is 4.43. The van der Waals surface area contributed by atoms with Crippen molar-refractivity contribution in [1.82, 2.24) is 9.97 Å². The molecule has 1 heterocycles. The van der Waals surface area contributed by atoms with Gasteiger partial charge < -0.3 is 0 Å². The zero-order chi connectivity index (χ0) is 18.6. The molecule has 2 saturated carbocycles. The van der Waals surface area contributed by atoms with Crippen LogP contribution in [0.3, 0.4) is 0 Å². The van der Waals surface area contributed by atoms with Gasteiger partial charge in [0.05, 0.1) is 11.9 Å². The summed E-state index contributed by atoms with van der Waals surface area (Å²) in [7, 11) is 0. The second kappa shape index (κ2) is 6.12. The number of carbonyl (C=O) groups excluding carboxylic acids is 1. The number of fused-ring (bicyclic) bond motifs is 5. The van der Waals surface area contributed by atoms with Gasteiger partial charge in [-0.15, -0.1) is 0 Å². The maximum absolute atomic E-state index is 12.2. The van der Waals surface area contributed by atoms with E-state index in [-0.39, 0.29) is 10.8 Å². The first-order valence-electron chi connectivity index (χ1n) is 10.7. The average molecular weight is 363 g/mol. The van der Waals surface area contributed by atoms with Crippen LogP contribution in [0.5, 0.6) is 0 Å².